The number of ether oxygens (including phenoxy) is 1. The van der Waals surface area contributed by atoms with E-state index < -0.39 is 0 Å². The summed E-state index contributed by atoms with van der Waals surface area (Å²) in [5.41, 5.74) is 1.40. The Morgan fingerprint density at radius 2 is 2.00 bits per heavy atom. The van der Waals surface area contributed by atoms with Crippen molar-refractivity contribution in [1.82, 2.24) is 5.32 Å². The van der Waals surface area contributed by atoms with Gasteiger partial charge in [0.2, 0.25) is 0 Å². The van der Waals surface area contributed by atoms with Crippen LogP contribution in [0.15, 0.2) is 24.3 Å². The molecular weight excluding hydrogens is 210 g/mol. The molecule has 0 bridgehead atoms. The van der Waals surface area contributed by atoms with Crippen molar-refractivity contribution >= 4 is 0 Å². The van der Waals surface area contributed by atoms with E-state index >= 15 is 0 Å². The molecule has 1 saturated carbocycles. The molecule has 1 aliphatic rings. The lowest BCUT2D eigenvalue weighted by molar-refractivity contribution is 0.293. The lowest BCUT2D eigenvalue weighted by Gasteiger charge is -2.32. The Balaban J connectivity index is 2.22. The van der Waals surface area contributed by atoms with Crippen LogP contribution in [0.3, 0.4) is 0 Å². The summed E-state index contributed by atoms with van der Waals surface area (Å²) < 4.78 is 5.50. The van der Waals surface area contributed by atoms with E-state index in [9.17, 15) is 0 Å². The number of nitrogens with one attached hydrogen (secondary N) is 1. The molecule has 0 aliphatic heterocycles. The maximum absolute atomic E-state index is 5.50. The van der Waals surface area contributed by atoms with E-state index in [2.05, 4.69) is 29.6 Å². The van der Waals surface area contributed by atoms with Crippen LogP contribution in [-0.4, -0.2) is 20.7 Å². The van der Waals surface area contributed by atoms with Crippen LogP contribution in [0.4, 0.5) is 0 Å². The van der Waals surface area contributed by atoms with Gasteiger partial charge in [-0.25, -0.2) is 0 Å². The van der Waals surface area contributed by atoms with Crippen molar-refractivity contribution in [1.29, 1.82) is 0 Å². The summed E-state index contributed by atoms with van der Waals surface area (Å²) in [4.78, 5) is 0. The molecule has 2 nitrogen and oxygen atoms in total. The van der Waals surface area contributed by atoms with Crippen LogP contribution < -0.4 is 10.1 Å². The van der Waals surface area contributed by atoms with E-state index in [0.29, 0.717) is 5.92 Å². The molecule has 1 aromatic rings. The molecule has 0 radical (unpaired) electrons. The summed E-state index contributed by atoms with van der Waals surface area (Å²) in [6, 6.07) is 8.50. The second kappa shape index (κ2) is 6.06. The first kappa shape index (κ1) is 12.4. The van der Waals surface area contributed by atoms with Gasteiger partial charge < -0.3 is 10.1 Å². The molecular formula is C15H23NO. The third-order valence-electron chi connectivity index (χ3n) is 3.91. The summed E-state index contributed by atoms with van der Waals surface area (Å²) in [5.74, 6) is 2.47. The molecule has 0 heterocycles. The molecule has 1 aliphatic carbocycles. The van der Waals surface area contributed by atoms with E-state index in [0.717, 1.165) is 18.2 Å². The highest BCUT2D eigenvalue weighted by Gasteiger charge is 2.27. The van der Waals surface area contributed by atoms with Gasteiger partial charge in [-0.15, -0.1) is 0 Å². The molecule has 2 unspecified atom stereocenters. The first-order valence-electron chi connectivity index (χ1n) is 6.64. The monoisotopic (exact) mass is 233 g/mol. The lowest BCUT2D eigenvalue weighted by Crippen LogP contribution is -2.27. The van der Waals surface area contributed by atoms with Gasteiger partial charge in [0.05, 0.1) is 7.11 Å². The molecule has 0 saturated heterocycles. The number of hydrogen-bond acceptors (Lipinski definition) is 2. The van der Waals surface area contributed by atoms with Crippen LogP contribution >= 0.6 is 0 Å². The van der Waals surface area contributed by atoms with Crippen molar-refractivity contribution < 1.29 is 4.74 Å². The van der Waals surface area contributed by atoms with Gasteiger partial charge in [-0.3, -0.25) is 0 Å². The second-order valence-electron chi connectivity index (χ2n) is 4.95. The Kier molecular flexibility index (Phi) is 4.43. The minimum absolute atomic E-state index is 0.660. The molecule has 0 aromatic heterocycles. The molecule has 0 amide bonds. The highest BCUT2D eigenvalue weighted by Crippen LogP contribution is 2.40. The average molecular weight is 233 g/mol. The van der Waals surface area contributed by atoms with Gasteiger partial charge in [0.1, 0.15) is 5.75 Å². The van der Waals surface area contributed by atoms with Crippen molar-refractivity contribution in [2.75, 3.05) is 20.7 Å². The van der Waals surface area contributed by atoms with E-state index in [4.69, 9.17) is 4.74 Å². The summed E-state index contributed by atoms with van der Waals surface area (Å²) >= 11 is 0. The third-order valence-corrected chi connectivity index (χ3v) is 3.91. The minimum Gasteiger partial charge on any atom is -0.496 e. The molecule has 1 aromatic carbocycles. The molecule has 94 valence electrons. The third kappa shape index (κ3) is 2.81. The Hall–Kier alpha value is -1.02. The van der Waals surface area contributed by atoms with Gasteiger partial charge in [0, 0.05) is 0 Å². The molecule has 2 heteroatoms. The van der Waals surface area contributed by atoms with Crippen molar-refractivity contribution in [2.45, 2.75) is 31.6 Å². The zero-order chi connectivity index (χ0) is 12.1. The zero-order valence-corrected chi connectivity index (χ0v) is 10.9. The standard InChI is InChI=1S/C15H23NO/c1-16-11-12-7-3-4-8-13(12)14-9-5-6-10-15(14)17-2/h5-6,9-10,12-13,16H,3-4,7-8,11H2,1-2H3. The first-order valence-corrected chi connectivity index (χ1v) is 6.64. The van der Waals surface area contributed by atoms with E-state index in [1.807, 2.05) is 7.05 Å². The fourth-order valence-electron chi connectivity index (χ4n) is 3.10. The van der Waals surface area contributed by atoms with Gasteiger partial charge in [-0.2, -0.15) is 0 Å². The number of benzene rings is 1. The fraction of sp³-hybridized carbons (Fsp3) is 0.600. The van der Waals surface area contributed by atoms with Gasteiger partial charge in [0.15, 0.2) is 0 Å². The number of hydrogen-bond donors (Lipinski definition) is 1. The van der Waals surface area contributed by atoms with Crippen molar-refractivity contribution in [2.24, 2.45) is 5.92 Å². The predicted molar refractivity (Wildman–Crippen MR) is 71.6 cm³/mol. The molecule has 2 rings (SSSR count). The SMILES string of the molecule is CNCC1CCCCC1c1ccccc1OC. The largest absolute Gasteiger partial charge is 0.496 e. The van der Waals surface area contributed by atoms with Crippen LogP contribution in [0.25, 0.3) is 0 Å². The highest BCUT2D eigenvalue weighted by molar-refractivity contribution is 5.36. The Morgan fingerprint density at radius 3 is 2.76 bits per heavy atom. The van der Waals surface area contributed by atoms with Crippen molar-refractivity contribution in [3.63, 3.8) is 0 Å². The van der Waals surface area contributed by atoms with Gasteiger partial charge >= 0.3 is 0 Å². The highest BCUT2D eigenvalue weighted by atomic mass is 16.5. The van der Waals surface area contributed by atoms with Crippen molar-refractivity contribution in [3.8, 4) is 5.75 Å². The number of methoxy groups -OCH3 is 1. The summed E-state index contributed by atoms with van der Waals surface area (Å²) in [5, 5.41) is 3.33. The Morgan fingerprint density at radius 1 is 1.24 bits per heavy atom. The topological polar surface area (TPSA) is 21.3 Å². The Labute approximate surface area is 104 Å². The van der Waals surface area contributed by atoms with E-state index in [1.165, 1.54) is 31.2 Å². The minimum atomic E-state index is 0.660. The molecule has 2 atom stereocenters. The number of para-hydroxylation sites is 1. The van der Waals surface area contributed by atoms with Crippen molar-refractivity contribution in [3.05, 3.63) is 29.8 Å². The van der Waals surface area contributed by atoms with Crippen LogP contribution in [0.5, 0.6) is 5.75 Å². The lowest BCUT2D eigenvalue weighted by atomic mass is 9.75. The zero-order valence-electron chi connectivity index (χ0n) is 10.9. The normalized spacial score (nSPS) is 24.6. The summed E-state index contributed by atoms with van der Waals surface area (Å²) in [6.45, 7) is 1.11. The summed E-state index contributed by atoms with van der Waals surface area (Å²) in [6.07, 6.45) is 5.36. The quantitative estimate of drug-likeness (QED) is 0.862. The van der Waals surface area contributed by atoms with Gasteiger partial charge in [-0.1, -0.05) is 31.0 Å². The maximum atomic E-state index is 5.50. The van der Waals surface area contributed by atoms with Crippen LogP contribution in [-0.2, 0) is 0 Å². The van der Waals surface area contributed by atoms with Crippen LogP contribution in [0, 0.1) is 5.92 Å². The number of rotatable bonds is 4. The molecule has 1 fully saturated rings. The van der Waals surface area contributed by atoms with Gasteiger partial charge in [0.25, 0.3) is 0 Å². The van der Waals surface area contributed by atoms with Crippen LogP contribution in [0.1, 0.15) is 37.2 Å². The molecule has 1 N–H and O–H groups in total. The molecule has 0 spiro atoms. The second-order valence-corrected chi connectivity index (χ2v) is 4.95. The summed E-state index contributed by atoms with van der Waals surface area (Å²) in [7, 11) is 3.82. The predicted octanol–water partition coefficient (Wildman–Crippen LogP) is 3.19. The molecule has 17 heavy (non-hydrogen) atoms. The smallest absolute Gasteiger partial charge is 0.122 e. The fourth-order valence-corrected chi connectivity index (χ4v) is 3.10. The maximum Gasteiger partial charge on any atom is 0.122 e. The first-order chi connectivity index (χ1) is 8.36. The van der Waals surface area contributed by atoms with E-state index in [-0.39, 0.29) is 0 Å². The Bertz CT molecular complexity index is 349. The van der Waals surface area contributed by atoms with Crippen LogP contribution in [0.2, 0.25) is 0 Å². The van der Waals surface area contributed by atoms with Gasteiger partial charge in [-0.05, 0) is 49.9 Å². The van der Waals surface area contributed by atoms with E-state index in [1.54, 1.807) is 7.11 Å². The average Bonchev–Trinajstić information content (AvgIpc) is 2.40.